The zero-order valence-electron chi connectivity index (χ0n) is 14.6. The number of nitro benzene ring substituents is 1. The van der Waals surface area contributed by atoms with Gasteiger partial charge in [-0.2, -0.15) is 17.6 Å². The molecule has 1 heterocycles. The Morgan fingerprint density at radius 2 is 1.83 bits per heavy atom. The second kappa shape index (κ2) is 7.49. The smallest absolute Gasteiger partial charge is 0.326 e. The van der Waals surface area contributed by atoms with Gasteiger partial charge in [0.1, 0.15) is 0 Å². The maximum atomic E-state index is 13.5. The Morgan fingerprint density at radius 1 is 1.17 bits per heavy atom. The summed E-state index contributed by atoms with van der Waals surface area (Å²) in [5, 5.41) is 13.3. The summed E-state index contributed by atoms with van der Waals surface area (Å²) in [6.45, 7) is -0.103. The van der Waals surface area contributed by atoms with Crippen LogP contribution in [0.5, 0.6) is 0 Å². The lowest BCUT2D eigenvalue weighted by atomic mass is 10.1. The Kier molecular flexibility index (Phi) is 5.23. The molecule has 1 saturated heterocycles. The fourth-order valence-corrected chi connectivity index (χ4v) is 2.93. The predicted molar refractivity (Wildman–Crippen MR) is 93.6 cm³/mol. The van der Waals surface area contributed by atoms with Gasteiger partial charge in [0.2, 0.25) is 17.6 Å². The monoisotopic (exact) mass is 411 g/mol. The Balaban J connectivity index is 1.71. The van der Waals surface area contributed by atoms with Crippen LogP contribution in [0, 0.1) is 21.8 Å². The first-order valence-electron chi connectivity index (χ1n) is 8.28. The van der Waals surface area contributed by atoms with Crippen molar-refractivity contribution in [3.05, 3.63) is 64.0 Å². The summed E-state index contributed by atoms with van der Waals surface area (Å²) in [6, 6.07) is 6.78. The summed E-state index contributed by atoms with van der Waals surface area (Å²) in [4.78, 5) is 35.7. The van der Waals surface area contributed by atoms with Crippen molar-refractivity contribution >= 4 is 28.9 Å². The largest absolute Gasteiger partial charge is 0.416 e. The van der Waals surface area contributed by atoms with Gasteiger partial charge in [-0.1, -0.05) is 0 Å². The second-order valence-electron chi connectivity index (χ2n) is 6.36. The van der Waals surface area contributed by atoms with Crippen molar-refractivity contribution < 1.29 is 32.1 Å². The van der Waals surface area contributed by atoms with E-state index in [2.05, 4.69) is 5.32 Å². The number of alkyl halides is 3. The summed E-state index contributed by atoms with van der Waals surface area (Å²) in [6.07, 6.45) is -4.70. The van der Waals surface area contributed by atoms with Crippen LogP contribution >= 0.6 is 0 Å². The number of carbonyl (C=O) groups is 2. The fraction of sp³-hybridized carbons (Fsp3) is 0.222. The van der Waals surface area contributed by atoms with Crippen molar-refractivity contribution in [1.82, 2.24) is 0 Å². The molecule has 0 saturated carbocycles. The molecule has 2 aromatic rings. The van der Waals surface area contributed by atoms with E-state index in [1.54, 1.807) is 0 Å². The van der Waals surface area contributed by atoms with Gasteiger partial charge >= 0.3 is 11.9 Å². The SMILES string of the molecule is O=C(Nc1ccc(C(F)(F)F)cc1)C1CC(=O)N(c2ccc(F)c([N+](=O)[O-])c2)C1. The van der Waals surface area contributed by atoms with E-state index >= 15 is 0 Å². The highest BCUT2D eigenvalue weighted by Gasteiger charge is 2.36. The summed E-state index contributed by atoms with van der Waals surface area (Å²) in [7, 11) is 0. The molecule has 7 nitrogen and oxygen atoms in total. The first-order chi connectivity index (χ1) is 13.6. The van der Waals surface area contributed by atoms with E-state index in [1.165, 1.54) is 6.07 Å². The van der Waals surface area contributed by atoms with Crippen LogP contribution in [0.3, 0.4) is 0 Å². The molecule has 11 heteroatoms. The minimum absolute atomic E-state index is 0.0768. The van der Waals surface area contributed by atoms with Gasteiger partial charge in [0.05, 0.1) is 22.1 Å². The standard InChI is InChI=1S/C18H13F4N3O4/c19-14-6-5-13(8-15(14)25(28)29)24-9-10(7-16(24)26)17(27)23-12-3-1-11(2-4-12)18(20,21)22/h1-6,8,10H,7,9H2,(H,23,27). The summed E-state index contributed by atoms with van der Waals surface area (Å²) >= 11 is 0. The molecule has 0 bridgehead atoms. The van der Waals surface area contributed by atoms with Crippen molar-refractivity contribution in [3.63, 3.8) is 0 Å². The first-order valence-corrected chi connectivity index (χ1v) is 8.28. The second-order valence-corrected chi connectivity index (χ2v) is 6.36. The molecule has 0 aromatic heterocycles. The molecule has 152 valence electrons. The lowest BCUT2D eigenvalue weighted by Crippen LogP contribution is -2.28. The normalized spacial score (nSPS) is 16.8. The van der Waals surface area contributed by atoms with E-state index in [4.69, 9.17) is 0 Å². The van der Waals surface area contributed by atoms with Gasteiger partial charge in [-0.05, 0) is 36.4 Å². The number of halogens is 4. The first kappa shape index (κ1) is 20.2. The Labute approximate surface area is 161 Å². The zero-order valence-corrected chi connectivity index (χ0v) is 14.6. The number of rotatable bonds is 4. The Hall–Kier alpha value is -3.50. The van der Waals surface area contributed by atoms with Crippen molar-refractivity contribution in [2.24, 2.45) is 5.92 Å². The molecule has 2 amide bonds. The third-order valence-electron chi connectivity index (χ3n) is 4.41. The lowest BCUT2D eigenvalue weighted by Gasteiger charge is -2.16. The number of hydrogen-bond donors (Lipinski definition) is 1. The van der Waals surface area contributed by atoms with E-state index in [1.807, 2.05) is 0 Å². The molecule has 1 atom stereocenters. The predicted octanol–water partition coefficient (Wildman–Crippen LogP) is 3.74. The minimum atomic E-state index is -4.50. The summed E-state index contributed by atoms with van der Waals surface area (Å²) in [5.74, 6) is -2.95. The fourth-order valence-electron chi connectivity index (χ4n) is 2.93. The van der Waals surface area contributed by atoms with Crippen LogP contribution in [0.15, 0.2) is 42.5 Å². The average Bonchev–Trinajstić information content (AvgIpc) is 3.03. The molecular weight excluding hydrogens is 398 g/mol. The average molecular weight is 411 g/mol. The van der Waals surface area contributed by atoms with Crippen LogP contribution in [0.25, 0.3) is 0 Å². The zero-order chi connectivity index (χ0) is 21.3. The number of benzene rings is 2. The molecule has 3 rings (SSSR count). The van der Waals surface area contributed by atoms with Gasteiger partial charge in [0, 0.05) is 24.7 Å². The highest BCUT2D eigenvalue weighted by Crippen LogP contribution is 2.31. The van der Waals surface area contributed by atoms with Crippen LogP contribution in [0.1, 0.15) is 12.0 Å². The number of nitro groups is 1. The number of nitrogens with one attached hydrogen (secondary N) is 1. The van der Waals surface area contributed by atoms with Crippen LogP contribution in [0.2, 0.25) is 0 Å². The van der Waals surface area contributed by atoms with Crippen molar-refractivity contribution in [2.75, 3.05) is 16.8 Å². The van der Waals surface area contributed by atoms with E-state index in [-0.39, 0.29) is 24.3 Å². The van der Waals surface area contributed by atoms with Crippen molar-refractivity contribution in [3.8, 4) is 0 Å². The molecule has 1 fully saturated rings. The van der Waals surface area contributed by atoms with Gasteiger partial charge in [-0.25, -0.2) is 0 Å². The van der Waals surface area contributed by atoms with E-state index < -0.39 is 45.9 Å². The molecule has 1 aliphatic rings. The Morgan fingerprint density at radius 3 is 2.41 bits per heavy atom. The molecule has 0 spiro atoms. The van der Waals surface area contributed by atoms with Gasteiger partial charge < -0.3 is 10.2 Å². The molecule has 1 aliphatic heterocycles. The third kappa shape index (κ3) is 4.33. The van der Waals surface area contributed by atoms with Crippen LogP contribution in [0.4, 0.5) is 34.6 Å². The van der Waals surface area contributed by atoms with E-state index in [0.717, 1.165) is 41.3 Å². The number of carbonyl (C=O) groups excluding carboxylic acids is 2. The van der Waals surface area contributed by atoms with Crippen LogP contribution in [-0.4, -0.2) is 23.3 Å². The van der Waals surface area contributed by atoms with Gasteiger partial charge in [0.25, 0.3) is 0 Å². The third-order valence-corrected chi connectivity index (χ3v) is 4.41. The highest BCUT2D eigenvalue weighted by molar-refractivity contribution is 6.03. The molecule has 1 N–H and O–H groups in total. The van der Waals surface area contributed by atoms with Crippen molar-refractivity contribution in [1.29, 1.82) is 0 Å². The van der Waals surface area contributed by atoms with E-state index in [9.17, 15) is 37.3 Å². The Bertz CT molecular complexity index is 976. The summed E-state index contributed by atoms with van der Waals surface area (Å²) in [5.41, 5.74) is -1.46. The van der Waals surface area contributed by atoms with E-state index in [0.29, 0.717) is 0 Å². The van der Waals surface area contributed by atoms with Crippen LogP contribution < -0.4 is 10.2 Å². The number of amides is 2. The van der Waals surface area contributed by atoms with Gasteiger partial charge in [-0.3, -0.25) is 19.7 Å². The van der Waals surface area contributed by atoms with Crippen LogP contribution in [-0.2, 0) is 15.8 Å². The summed E-state index contributed by atoms with van der Waals surface area (Å²) < 4.78 is 51.2. The highest BCUT2D eigenvalue weighted by atomic mass is 19.4. The number of anilines is 2. The molecule has 29 heavy (non-hydrogen) atoms. The topological polar surface area (TPSA) is 92.6 Å². The molecular formula is C18H13F4N3O4. The van der Waals surface area contributed by atoms with Crippen molar-refractivity contribution in [2.45, 2.75) is 12.6 Å². The maximum Gasteiger partial charge on any atom is 0.416 e. The number of hydrogen-bond acceptors (Lipinski definition) is 4. The molecule has 0 aliphatic carbocycles. The quantitative estimate of drug-likeness (QED) is 0.471. The maximum absolute atomic E-state index is 13.5. The minimum Gasteiger partial charge on any atom is -0.326 e. The number of nitrogens with zero attached hydrogens (tertiary/aromatic N) is 2. The van der Waals surface area contributed by atoms with Gasteiger partial charge in [0.15, 0.2) is 0 Å². The lowest BCUT2D eigenvalue weighted by molar-refractivity contribution is -0.387. The molecule has 2 aromatic carbocycles. The van der Waals surface area contributed by atoms with Gasteiger partial charge in [-0.15, -0.1) is 0 Å². The molecule has 1 unspecified atom stereocenters. The molecule has 0 radical (unpaired) electrons.